The average molecular weight is 508 g/mol. The van der Waals surface area contributed by atoms with Crippen LogP contribution in [0.3, 0.4) is 0 Å². The van der Waals surface area contributed by atoms with Gasteiger partial charge in [-0.15, -0.1) is 0 Å². The molecule has 0 aliphatic carbocycles. The Morgan fingerprint density at radius 3 is 2.50 bits per heavy atom. The molecule has 9 nitrogen and oxygen atoms in total. The molecule has 2 aromatic heterocycles. The summed E-state index contributed by atoms with van der Waals surface area (Å²) in [6.45, 7) is 1.77. The number of nitrogens with zero attached hydrogens (tertiary/aromatic N) is 4. The summed E-state index contributed by atoms with van der Waals surface area (Å²) in [4.78, 5) is 12.8. The molecule has 2 fully saturated rings. The second-order valence-electron chi connectivity index (χ2n) is 9.06. The van der Waals surface area contributed by atoms with Crippen LogP contribution in [-0.2, 0) is 32.2 Å². The van der Waals surface area contributed by atoms with Crippen molar-refractivity contribution in [2.24, 2.45) is 0 Å². The molecule has 0 spiro atoms. The zero-order chi connectivity index (χ0) is 24.5. The van der Waals surface area contributed by atoms with Gasteiger partial charge in [0, 0.05) is 6.42 Å². The minimum absolute atomic E-state index is 0.0430. The van der Waals surface area contributed by atoms with Gasteiger partial charge in [-0.2, -0.15) is 9.97 Å². The summed E-state index contributed by atoms with van der Waals surface area (Å²) in [5, 5.41) is 0.0430. The molecule has 2 saturated heterocycles. The van der Waals surface area contributed by atoms with Crippen LogP contribution in [-0.4, -0.2) is 50.5 Å². The smallest absolute Gasteiger partial charge is 0.226 e. The van der Waals surface area contributed by atoms with Crippen molar-refractivity contribution < 1.29 is 18.9 Å². The Balaban J connectivity index is 1.31. The third kappa shape index (κ3) is 4.33. The monoisotopic (exact) mass is 507 g/mol. The number of hydrogen-bond donors (Lipinski definition) is 1. The first-order chi connectivity index (χ1) is 17.6. The molecular weight excluding hydrogens is 482 g/mol. The molecule has 36 heavy (non-hydrogen) atoms. The number of nitrogen functional groups attached to an aromatic ring is 1. The molecule has 2 bridgehead atoms. The fraction of sp³-hybridized carbons (Fsp3) is 0.346. The molecule has 4 aromatic rings. The van der Waals surface area contributed by atoms with Crippen LogP contribution in [0.4, 0.5) is 5.82 Å². The summed E-state index contributed by atoms with van der Waals surface area (Å²) in [5.41, 5.74) is 8.43. The first-order valence-corrected chi connectivity index (χ1v) is 12.2. The van der Waals surface area contributed by atoms with Crippen LogP contribution >= 0.6 is 11.6 Å². The number of imidazole rings is 1. The Morgan fingerprint density at radius 2 is 1.75 bits per heavy atom. The predicted octanol–water partition coefficient (Wildman–Crippen LogP) is 3.92. The third-order valence-electron chi connectivity index (χ3n) is 6.71. The lowest BCUT2D eigenvalue weighted by molar-refractivity contribution is -0.178. The number of fused-ring (bicyclic) bond motifs is 3. The molecule has 0 amide bonds. The molecule has 4 atom stereocenters. The van der Waals surface area contributed by atoms with Crippen molar-refractivity contribution in [1.82, 2.24) is 19.5 Å². The number of benzene rings is 2. The summed E-state index contributed by atoms with van der Waals surface area (Å²) in [6, 6.07) is 20.1. The summed E-state index contributed by atoms with van der Waals surface area (Å²) >= 11 is 6.11. The highest BCUT2D eigenvalue weighted by Crippen LogP contribution is 2.47. The van der Waals surface area contributed by atoms with E-state index in [2.05, 4.69) is 15.0 Å². The molecule has 4 heterocycles. The standard InChI is InChI=1S/C26H26ClN5O4/c27-25-30-22(28)19-23(31-25)32(16-29-19)24-20-21(35-14-18-9-5-2-6-10-18)26(36-24,11-12-34-20)15-33-13-17-7-3-1-4-8-17/h1-10,16,20-21,24H,11-15H2,(H2,28,30,31)/t20?,21?,24?,26-/m0/s1. The number of halogens is 1. The molecule has 2 N–H and O–H groups in total. The Hall–Kier alpha value is -3.08. The summed E-state index contributed by atoms with van der Waals surface area (Å²) in [6.07, 6.45) is 0.921. The van der Waals surface area contributed by atoms with Crippen molar-refractivity contribution >= 4 is 28.6 Å². The van der Waals surface area contributed by atoms with E-state index >= 15 is 0 Å². The fourth-order valence-electron chi connectivity index (χ4n) is 4.99. The van der Waals surface area contributed by atoms with Crippen molar-refractivity contribution in [3.05, 3.63) is 83.4 Å². The van der Waals surface area contributed by atoms with Crippen molar-refractivity contribution in [2.75, 3.05) is 18.9 Å². The molecule has 186 valence electrons. The molecule has 2 aliphatic heterocycles. The van der Waals surface area contributed by atoms with Gasteiger partial charge in [0.2, 0.25) is 5.28 Å². The van der Waals surface area contributed by atoms with Crippen LogP contribution in [0.2, 0.25) is 5.28 Å². The maximum absolute atomic E-state index is 6.75. The van der Waals surface area contributed by atoms with E-state index < -0.39 is 17.9 Å². The van der Waals surface area contributed by atoms with E-state index in [-0.39, 0.29) is 17.2 Å². The van der Waals surface area contributed by atoms with E-state index in [4.69, 9.17) is 36.3 Å². The zero-order valence-corrected chi connectivity index (χ0v) is 20.3. The largest absolute Gasteiger partial charge is 0.382 e. The van der Waals surface area contributed by atoms with E-state index in [1.165, 1.54) is 0 Å². The number of anilines is 1. The lowest BCUT2D eigenvalue weighted by atomic mass is 9.90. The Kier molecular flexibility index (Phi) is 6.32. The van der Waals surface area contributed by atoms with Gasteiger partial charge in [-0.25, -0.2) is 4.98 Å². The van der Waals surface area contributed by atoms with Gasteiger partial charge in [0.1, 0.15) is 23.3 Å². The van der Waals surface area contributed by atoms with Crippen molar-refractivity contribution in [1.29, 1.82) is 0 Å². The maximum atomic E-state index is 6.75. The summed E-state index contributed by atoms with van der Waals surface area (Å²) < 4.78 is 27.5. The van der Waals surface area contributed by atoms with Gasteiger partial charge in [-0.05, 0) is 22.7 Å². The van der Waals surface area contributed by atoms with E-state index in [0.717, 1.165) is 11.1 Å². The number of ether oxygens (including phenoxy) is 4. The zero-order valence-electron chi connectivity index (χ0n) is 19.5. The van der Waals surface area contributed by atoms with Crippen LogP contribution in [0.15, 0.2) is 67.0 Å². The van der Waals surface area contributed by atoms with Gasteiger partial charge >= 0.3 is 0 Å². The number of aromatic nitrogens is 4. The second kappa shape index (κ2) is 9.76. The Morgan fingerprint density at radius 1 is 1.03 bits per heavy atom. The summed E-state index contributed by atoms with van der Waals surface area (Å²) in [7, 11) is 0. The van der Waals surface area contributed by atoms with E-state index in [1.54, 1.807) is 10.9 Å². The normalized spacial score (nSPS) is 25.4. The topological polar surface area (TPSA) is 107 Å². The van der Waals surface area contributed by atoms with Crippen molar-refractivity contribution in [2.45, 2.75) is 43.7 Å². The minimum atomic E-state index is -0.712. The van der Waals surface area contributed by atoms with Crippen LogP contribution in [0.25, 0.3) is 11.2 Å². The number of hydrogen-bond acceptors (Lipinski definition) is 8. The third-order valence-corrected chi connectivity index (χ3v) is 6.88. The molecule has 6 rings (SSSR count). The molecule has 0 radical (unpaired) electrons. The average Bonchev–Trinajstić information content (AvgIpc) is 3.38. The van der Waals surface area contributed by atoms with Crippen molar-refractivity contribution in [3.8, 4) is 0 Å². The molecule has 3 unspecified atom stereocenters. The summed E-state index contributed by atoms with van der Waals surface area (Å²) in [5.74, 6) is 0.212. The Labute approximate surface area is 213 Å². The SMILES string of the molecule is Nc1nc(Cl)nc2c1ncn2C1O[C@]2(COCc3ccccc3)CCOC1C2OCc1ccccc1. The van der Waals surface area contributed by atoms with Gasteiger partial charge in [-0.3, -0.25) is 4.57 Å². The lowest BCUT2D eigenvalue weighted by Crippen LogP contribution is -2.53. The van der Waals surface area contributed by atoms with Gasteiger partial charge in [0.05, 0.1) is 32.8 Å². The van der Waals surface area contributed by atoms with Crippen LogP contribution in [0.5, 0.6) is 0 Å². The molecule has 2 aliphatic rings. The Bertz CT molecular complexity index is 1340. The maximum Gasteiger partial charge on any atom is 0.226 e. The first kappa shape index (κ1) is 23.3. The molecular formula is C26H26ClN5O4. The van der Waals surface area contributed by atoms with Crippen molar-refractivity contribution in [3.63, 3.8) is 0 Å². The highest BCUT2D eigenvalue weighted by atomic mass is 35.5. The molecule has 2 aromatic carbocycles. The first-order valence-electron chi connectivity index (χ1n) is 11.9. The quantitative estimate of drug-likeness (QED) is 0.358. The number of rotatable bonds is 8. The van der Waals surface area contributed by atoms with Gasteiger partial charge in [0.25, 0.3) is 0 Å². The van der Waals surface area contributed by atoms with E-state index in [9.17, 15) is 0 Å². The molecule has 0 saturated carbocycles. The fourth-order valence-corrected chi connectivity index (χ4v) is 5.16. The van der Waals surface area contributed by atoms with E-state index in [0.29, 0.717) is 44.0 Å². The van der Waals surface area contributed by atoms with Crippen LogP contribution in [0, 0.1) is 0 Å². The highest BCUT2D eigenvalue weighted by Gasteiger charge is 2.60. The number of nitrogens with two attached hydrogens (primary N) is 1. The minimum Gasteiger partial charge on any atom is -0.382 e. The highest BCUT2D eigenvalue weighted by molar-refractivity contribution is 6.28. The van der Waals surface area contributed by atoms with E-state index in [1.807, 2.05) is 60.7 Å². The lowest BCUT2D eigenvalue weighted by Gasteiger charge is -2.38. The van der Waals surface area contributed by atoms with Crippen LogP contribution < -0.4 is 5.73 Å². The second-order valence-corrected chi connectivity index (χ2v) is 9.39. The van der Waals surface area contributed by atoms with Gasteiger partial charge in [0.15, 0.2) is 17.7 Å². The molecule has 10 heteroatoms. The van der Waals surface area contributed by atoms with Gasteiger partial charge < -0.3 is 24.7 Å². The van der Waals surface area contributed by atoms with Gasteiger partial charge in [-0.1, -0.05) is 60.7 Å². The van der Waals surface area contributed by atoms with Crippen LogP contribution in [0.1, 0.15) is 23.8 Å². The predicted molar refractivity (Wildman–Crippen MR) is 133 cm³/mol.